The van der Waals surface area contributed by atoms with Crippen molar-refractivity contribution in [2.45, 2.75) is 24.7 Å². The van der Waals surface area contributed by atoms with Crippen LogP contribution in [-0.2, 0) is 4.79 Å². The molecule has 0 aromatic heterocycles. The second-order valence-corrected chi connectivity index (χ2v) is 6.16. The summed E-state index contributed by atoms with van der Waals surface area (Å²) >= 11 is 1.60. The van der Waals surface area contributed by atoms with Gasteiger partial charge < -0.3 is 10.0 Å². The average molecular weight is 279 g/mol. The molecule has 1 fully saturated rings. The predicted octanol–water partition coefficient (Wildman–Crippen LogP) is 2.32. The first-order chi connectivity index (χ1) is 9.19. The number of aryl methyl sites for hydroxylation is 1. The zero-order chi connectivity index (χ0) is 13.7. The highest BCUT2D eigenvalue weighted by Crippen LogP contribution is 2.22. The molecule has 1 aromatic carbocycles. The van der Waals surface area contributed by atoms with Crippen LogP contribution in [0.4, 0.5) is 0 Å². The van der Waals surface area contributed by atoms with Crippen LogP contribution in [0.2, 0.25) is 0 Å². The number of carbonyl (C=O) groups excluding carboxylic acids is 1. The molecule has 1 saturated heterocycles. The number of carbonyl (C=O) groups is 1. The van der Waals surface area contributed by atoms with Gasteiger partial charge in [0.15, 0.2) is 0 Å². The Morgan fingerprint density at radius 2 is 2.16 bits per heavy atom. The lowest BCUT2D eigenvalue weighted by Crippen LogP contribution is -2.30. The molecule has 19 heavy (non-hydrogen) atoms. The number of aliphatic hydroxyl groups excluding tert-OH is 1. The number of amides is 1. The number of hydrogen-bond acceptors (Lipinski definition) is 3. The second kappa shape index (κ2) is 6.96. The van der Waals surface area contributed by atoms with Gasteiger partial charge in [0.25, 0.3) is 0 Å². The largest absolute Gasteiger partial charge is 0.396 e. The van der Waals surface area contributed by atoms with Gasteiger partial charge in [0, 0.05) is 24.6 Å². The fourth-order valence-corrected chi connectivity index (χ4v) is 3.15. The molecule has 3 nitrogen and oxygen atoms in total. The Hall–Kier alpha value is -1.00. The molecule has 0 spiro atoms. The second-order valence-electron chi connectivity index (χ2n) is 5.11. The predicted molar refractivity (Wildman–Crippen MR) is 78.3 cm³/mol. The van der Waals surface area contributed by atoms with Crippen molar-refractivity contribution >= 4 is 17.7 Å². The van der Waals surface area contributed by atoms with Crippen molar-refractivity contribution in [2.24, 2.45) is 5.92 Å². The van der Waals surface area contributed by atoms with Crippen LogP contribution in [0.15, 0.2) is 29.2 Å². The van der Waals surface area contributed by atoms with E-state index in [9.17, 15) is 4.79 Å². The van der Waals surface area contributed by atoms with Crippen LogP contribution in [-0.4, -0.2) is 41.4 Å². The molecule has 1 aliphatic heterocycles. The van der Waals surface area contributed by atoms with Crippen molar-refractivity contribution in [2.75, 3.05) is 25.4 Å². The van der Waals surface area contributed by atoms with E-state index in [1.165, 1.54) is 5.56 Å². The molecule has 1 aromatic rings. The fraction of sp³-hybridized carbons (Fsp3) is 0.533. The molecular weight excluding hydrogens is 258 g/mol. The van der Waals surface area contributed by atoms with Crippen molar-refractivity contribution in [3.05, 3.63) is 29.8 Å². The average Bonchev–Trinajstić information content (AvgIpc) is 2.87. The third-order valence-electron chi connectivity index (χ3n) is 3.56. The summed E-state index contributed by atoms with van der Waals surface area (Å²) < 4.78 is 0. The van der Waals surface area contributed by atoms with Crippen molar-refractivity contribution < 1.29 is 9.90 Å². The lowest BCUT2D eigenvalue weighted by atomic mass is 10.1. The van der Waals surface area contributed by atoms with Gasteiger partial charge in [-0.1, -0.05) is 17.7 Å². The van der Waals surface area contributed by atoms with Crippen molar-refractivity contribution in [3.63, 3.8) is 0 Å². The van der Waals surface area contributed by atoms with Crippen LogP contribution in [0.5, 0.6) is 0 Å². The zero-order valence-corrected chi connectivity index (χ0v) is 12.2. The molecule has 0 aliphatic carbocycles. The van der Waals surface area contributed by atoms with E-state index >= 15 is 0 Å². The Bertz CT molecular complexity index is 419. The molecular formula is C15H21NO2S. The standard InChI is InChI=1S/C15H21NO2S/c1-12-2-4-14(5-3-12)19-11-15(18)16-8-6-13(10-16)7-9-17/h2-5,13,17H,6-11H2,1H3. The van der Waals surface area contributed by atoms with Gasteiger partial charge in [-0.3, -0.25) is 4.79 Å². The van der Waals surface area contributed by atoms with Crippen LogP contribution in [0, 0.1) is 12.8 Å². The third-order valence-corrected chi connectivity index (χ3v) is 4.56. The molecule has 104 valence electrons. The van der Waals surface area contributed by atoms with E-state index in [2.05, 4.69) is 31.2 Å². The molecule has 0 saturated carbocycles. The summed E-state index contributed by atoms with van der Waals surface area (Å²) in [6.45, 7) is 3.95. The first-order valence-corrected chi connectivity index (χ1v) is 7.75. The van der Waals surface area contributed by atoms with E-state index in [4.69, 9.17) is 5.11 Å². The van der Waals surface area contributed by atoms with Gasteiger partial charge in [-0.25, -0.2) is 0 Å². The van der Waals surface area contributed by atoms with Crippen LogP contribution in [0.25, 0.3) is 0 Å². The summed E-state index contributed by atoms with van der Waals surface area (Å²) in [5.74, 6) is 1.21. The van der Waals surface area contributed by atoms with E-state index in [0.717, 1.165) is 30.8 Å². The molecule has 1 unspecified atom stereocenters. The highest BCUT2D eigenvalue weighted by Gasteiger charge is 2.25. The van der Waals surface area contributed by atoms with E-state index < -0.39 is 0 Å². The summed E-state index contributed by atoms with van der Waals surface area (Å²) in [4.78, 5) is 15.2. The molecule has 1 heterocycles. The van der Waals surface area contributed by atoms with E-state index in [1.807, 2.05) is 4.90 Å². The molecule has 1 aliphatic rings. The monoisotopic (exact) mass is 279 g/mol. The maximum Gasteiger partial charge on any atom is 0.232 e. The van der Waals surface area contributed by atoms with Crippen LogP contribution in [0.3, 0.4) is 0 Å². The highest BCUT2D eigenvalue weighted by molar-refractivity contribution is 8.00. The van der Waals surface area contributed by atoms with Crippen molar-refractivity contribution in [1.29, 1.82) is 0 Å². The van der Waals surface area contributed by atoms with Crippen LogP contribution in [0.1, 0.15) is 18.4 Å². The first kappa shape index (κ1) is 14.4. The maximum atomic E-state index is 12.1. The third kappa shape index (κ3) is 4.25. The number of thioether (sulfide) groups is 1. The van der Waals surface area contributed by atoms with Crippen LogP contribution >= 0.6 is 11.8 Å². The number of likely N-dealkylation sites (tertiary alicyclic amines) is 1. The Balaban J connectivity index is 1.77. The minimum atomic E-state index is 0.214. The molecule has 1 amide bonds. The van der Waals surface area contributed by atoms with Gasteiger partial charge in [0.1, 0.15) is 0 Å². The molecule has 0 radical (unpaired) electrons. The van der Waals surface area contributed by atoms with E-state index in [-0.39, 0.29) is 12.5 Å². The fourth-order valence-electron chi connectivity index (χ4n) is 2.35. The van der Waals surface area contributed by atoms with Gasteiger partial charge in [0.05, 0.1) is 5.75 Å². The van der Waals surface area contributed by atoms with E-state index in [0.29, 0.717) is 11.7 Å². The lowest BCUT2D eigenvalue weighted by molar-refractivity contribution is -0.127. The number of aliphatic hydroxyl groups is 1. The quantitative estimate of drug-likeness (QED) is 0.841. The molecule has 0 bridgehead atoms. The van der Waals surface area contributed by atoms with Crippen LogP contribution < -0.4 is 0 Å². The Morgan fingerprint density at radius 1 is 1.42 bits per heavy atom. The number of hydrogen-bond donors (Lipinski definition) is 1. The SMILES string of the molecule is Cc1ccc(SCC(=O)N2CCC(CCO)C2)cc1. The zero-order valence-electron chi connectivity index (χ0n) is 11.3. The minimum absolute atomic E-state index is 0.214. The summed E-state index contributed by atoms with van der Waals surface area (Å²) in [6.07, 6.45) is 1.84. The van der Waals surface area contributed by atoms with Crippen molar-refractivity contribution in [1.82, 2.24) is 4.90 Å². The highest BCUT2D eigenvalue weighted by atomic mass is 32.2. The van der Waals surface area contributed by atoms with Gasteiger partial charge in [-0.15, -0.1) is 11.8 Å². The molecule has 2 rings (SSSR count). The Morgan fingerprint density at radius 3 is 2.84 bits per heavy atom. The minimum Gasteiger partial charge on any atom is -0.396 e. The summed E-state index contributed by atoms with van der Waals surface area (Å²) in [5, 5.41) is 8.92. The van der Waals surface area contributed by atoms with E-state index in [1.54, 1.807) is 11.8 Å². The number of rotatable bonds is 5. The Labute approximate surface area is 119 Å². The van der Waals surface area contributed by atoms with Gasteiger partial charge in [-0.05, 0) is 37.8 Å². The number of benzene rings is 1. The molecule has 4 heteroatoms. The van der Waals surface area contributed by atoms with Gasteiger partial charge in [0.2, 0.25) is 5.91 Å². The Kier molecular flexibility index (Phi) is 5.28. The normalized spacial score (nSPS) is 18.8. The smallest absolute Gasteiger partial charge is 0.232 e. The summed E-state index contributed by atoms with van der Waals surface area (Å²) in [6, 6.07) is 8.26. The number of nitrogens with zero attached hydrogens (tertiary/aromatic N) is 1. The first-order valence-electron chi connectivity index (χ1n) is 6.77. The molecule has 1 atom stereocenters. The topological polar surface area (TPSA) is 40.5 Å². The summed E-state index contributed by atoms with van der Waals surface area (Å²) in [5.41, 5.74) is 1.24. The lowest BCUT2D eigenvalue weighted by Gasteiger charge is -2.16. The maximum absolute atomic E-state index is 12.1. The van der Waals surface area contributed by atoms with Crippen molar-refractivity contribution in [3.8, 4) is 0 Å². The summed E-state index contributed by atoms with van der Waals surface area (Å²) in [7, 11) is 0. The van der Waals surface area contributed by atoms with Gasteiger partial charge >= 0.3 is 0 Å². The van der Waals surface area contributed by atoms with Gasteiger partial charge in [-0.2, -0.15) is 0 Å². The molecule has 1 N–H and O–H groups in total.